The van der Waals surface area contributed by atoms with Crippen LogP contribution in [0.2, 0.25) is 10.0 Å². The molecule has 1 aromatic rings. The molecule has 0 radical (unpaired) electrons. The van der Waals surface area contributed by atoms with Gasteiger partial charge in [0, 0.05) is 20.3 Å². The standard InChI is InChI=1S/C13H21Cl2N3O2/c1-3-5-16-12-10(14)7-11(15)13(18-12)17-9(4-6-19)8-20-2/h7,9,19H,3-6,8H2,1-2H3,(H2,16,17,18). The van der Waals surface area contributed by atoms with E-state index in [1.165, 1.54) is 0 Å². The third-order valence-corrected chi connectivity index (χ3v) is 3.23. The van der Waals surface area contributed by atoms with Crippen LogP contribution in [0.1, 0.15) is 19.8 Å². The minimum absolute atomic E-state index is 0.0600. The number of nitrogens with zero attached hydrogens (tertiary/aromatic N) is 1. The summed E-state index contributed by atoms with van der Waals surface area (Å²) in [6, 6.07) is 1.59. The molecule has 0 amide bonds. The largest absolute Gasteiger partial charge is 0.396 e. The van der Waals surface area contributed by atoms with Crippen molar-refractivity contribution in [3.8, 4) is 0 Å². The molecule has 0 aliphatic carbocycles. The molecular weight excluding hydrogens is 301 g/mol. The predicted octanol–water partition coefficient (Wildman–Crippen LogP) is 3.02. The van der Waals surface area contributed by atoms with E-state index in [2.05, 4.69) is 22.5 Å². The maximum absolute atomic E-state index is 9.04. The van der Waals surface area contributed by atoms with Gasteiger partial charge < -0.3 is 20.5 Å². The van der Waals surface area contributed by atoms with E-state index in [0.717, 1.165) is 13.0 Å². The van der Waals surface area contributed by atoms with Crippen LogP contribution in [0.4, 0.5) is 11.6 Å². The summed E-state index contributed by atoms with van der Waals surface area (Å²) in [7, 11) is 1.61. The quantitative estimate of drug-likeness (QED) is 0.652. The van der Waals surface area contributed by atoms with Crippen molar-refractivity contribution in [3.05, 3.63) is 16.1 Å². The molecule has 1 rings (SSSR count). The van der Waals surface area contributed by atoms with Gasteiger partial charge in [-0.25, -0.2) is 4.98 Å². The number of hydrogen-bond donors (Lipinski definition) is 3. The first-order valence-corrected chi connectivity index (χ1v) is 7.34. The van der Waals surface area contributed by atoms with Gasteiger partial charge in [0.25, 0.3) is 0 Å². The lowest BCUT2D eigenvalue weighted by molar-refractivity contribution is 0.170. The van der Waals surface area contributed by atoms with E-state index in [0.29, 0.717) is 34.7 Å². The van der Waals surface area contributed by atoms with Crippen molar-refractivity contribution in [3.63, 3.8) is 0 Å². The van der Waals surface area contributed by atoms with Crippen LogP contribution in [0.5, 0.6) is 0 Å². The van der Waals surface area contributed by atoms with Gasteiger partial charge >= 0.3 is 0 Å². The van der Waals surface area contributed by atoms with Crippen LogP contribution in [0.15, 0.2) is 6.07 Å². The number of anilines is 2. The lowest BCUT2D eigenvalue weighted by atomic mass is 10.2. The maximum atomic E-state index is 9.04. The summed E-state index contributed by atoms with van der Waals surface area (Å²) in [5.74, 6) is 1.13. The number of rotatable bonds is 9. The molecule has 1 atom stereocenters. The summed E-state index contributed by atoms with van der Waals surface area (Å²) < 4.78 is 5.10. The summed E-state index contributed by atoms with van der Waals surface area (Å²) in [4.78, 5) is 4.39. The van der Waals surface area contributed by atoms with Crippen molar-refractivity contribution in [2.75, 3.05) is 37.5 Å². The zero-order valence-electron chi connectivity index (χ0n) is 11.7. The van der Waals surface area contributed by atoms with Crippen molar-refractivity contribution < 1.29 is 9.84 Å². The first kappa shape index (κ1) is 17.3. The number of pyridine rings is 1. The van der Waals surface area contributed by atoms with Crippen LogP contribution >= 0.6 is 23.2 Å². The summed E-state index contributed by atoms with van der Waals surface area (Å²) in [6.45, 7) is 3.36. The van der Waals surface area contributed by atoms with Gasteiger partial charge in [-0.15, -0.1) is 0 Å². The number of aromatic nitrogens is 1. The molecule has 0 saturated carbocycles. The Balaban J connectivity index is 2.86. The van der Waals surface area contributed by atoms with E-state index in [9.17, 15) is 0 Å². The highest BCUT2D eigenvalue weighted by Crippen LogP contribution is 2.29. The van der Waals surface area contributed by atoms with E-state index < -0.39 is 0 Å². The van der Waals surface area contributed by atoms with E-state index in [4.69, 9.17) is 33.0 Å². The fourth-order valence-corrected chi connectivity index (χ4v) is 2.16. The molecule has 0 aromatic carbocycles. The smallest absolute Gasteiger partial charge is 0.147 e. The number of aliphatic hydroxyl groups excluding tert-OH is 1. The van der Waals surface area contributed by atoms with E-state index in [1.807, 2.05) is 0 Å². The molecule has 1 unspecified atom stereocenters. The minimum atomic E-state index is -0.0600. The Bertz CT molecular complexity index is 413. The number of hydrogen-bond acceptors (Lipinski definition) is 5. The van der Waals surface area contributed by atoms with Crippen molar-refractivity contribution in [2.24, 2.45) is 0 Å². The molecule has 0 aliphatic heterocycles. The first-order chi connectivity index (χ1) is 9.62. The Morgan fingerprint density at radius 3 is 2.65 bits per heavy atom. The van der Waals surface area contributed by atoms with Gasteiger partial charge in [-0.2, -0.15) is 0 Å². The van der Waals surface area contributed by atoms with Crippen LogP contribution in [0.25, 0.3) is 0 Å². The highest BCUT2D eigenvalue weighted by molar-refractivity contribution is 6.37. The minimum Gasteiger partial charge on any atom is -0.396 e. The third-order valence-electron chi connectivity index (χ3n) is 2.66. The van der Waals surface area contributed by atoms with Crippen molar-refractivity contribution in [2.45, 2.75) is 25.8 Å². The Kier molecular flexibility index (Phi) is 7.99. The number of aliphatic hydroxyl groups is 1. The lowest BCUT2D eigenvalue weighted by Crippen LogP contribution is -2.27. The molecule has 3 N–H and O–H groups in total. The van der Waals surface area contributed by atoms with E-state index in [1.54, 1.807) is 13.2 Å². The lowest BCUT2D eigenvalue weighted by Gasteiger charge is -2.19. The Morgan fingerprint density at radius 1 is 1.35 bits per heavy atom. The molecule has 1 aromatic heterocycles. The molecule has 114 valence electrons. The Morgan fingerprint density at radius 2 is 2.05 bits per heavy atom. The van der Waals surface area contributed by atoms with Crippen LogP contribution in [0, 0.1) is 0 Å². The number of nitrogens with one attached hydrogen (secondary N) is 2. The summed E-state index contributed by atoms with van der Waals surface area (Å²) in [6.07, 6.45) is 1.52. The van der Waals surface area contributed by atoms with Crippen molar-refractivity contribution in [1.82, 2.24) is 4.98 Å². The van der Waals surface area contributed by atoms with Gasteiger partial charge in [-0.05, 0) is 18.9 Å². The molecule has 0 saturated heterocycles. The second kappa shape index (κ2) is 9.23. The van der Waals surface area contributed by atoms with Crippen LogP contribution in [-0.4, -0.2) is 43.0 Å². The normalized spacial score (nSPS) is 12.2. The third kappa shape index (κ3) is 5.32. The van der Waals surface area contributed by atoms with Gasteiger partial charge in [0.15, 0.2) is 0 Å². The van der Waals surface area contributed by atoms with Crippen LogP contribution < -0.4 is 10.6 Å². The molecule has 7 heteroatoms. The molecule has 0 spiro atoms. The van der Waals surface area contributed by atoms with Gasteiger partial charge in [0.05, 0.1) is 22.7 Å². The second-order valence-electron chi connectivity index (χ2n) is 4.38. The molecule has 0 aliphatic rings. The van der Waals surface area contributed by atoms with Gasteiger partial charge in [0.2, 0.25) is 0 Å². The fourth-order valence-electron chi connectivity index (χ4n) is 1.68. The van der Waals surface area contributed by atoms with Gasteiger partial charge in [-0.3, -0.25) is 0 Å². The Hall–Kier alpha value is -0.750. The maximum Gasteiger partial charge on any atom is 0.147 e. The van der Waals surface area contributed by atoms with Crippen LogP contribution in [0.3, 0.4) is 0 Å². The highest BCUT2D eigenvalue weighted by atomic mass is 35.5. The van der Waals surface area contributed by atoms with Gasteiger partial charge in [-0.1, -0.05) is 30.1 Å². The predicted molar refractivity (Wildman–Crippen MR) is 84.0 cm³/mol. The molecule has 0 bridgehead atoms. The average Bonchev–Trinajstić information content (AvgIpc) is 2.41. The van der Waals surface area contributed by atoms with E-state index >= 15 is 0 Å². The highest BCUT2D eigenvalue weighted by Gasteiger charge is 2.14. The zero-order chi connectivity index (χ0) is 15.0. The average molecular weight is 322 g/mol. The molecular formula is C13H21Cl2N3O2. The van der Waals surface area contributed by atoms with Crippen molar-refractivity contribution >= 4 is 34.8 Å². The van der Waals surface area contributed by atoms with Gasteiger partial charge in [0.1, 0.15) is 11.6 Å². The number of halogens is 2. The topological polar surface area (TPSA) is 66.4 Å². The summed E-state index contributed by atoms with van der Waals surface area (Å²) >= 11 is 12.2. The second-order valence-corrected chi connectivity index (χ2v) is 5.20. The summed E-state index contributed by atoms with van der Waals surface area (Å²) in [5, 5.41) is 16.3. The zero-order valence-corrected chi connectivity index (χ0v) is 13.3. The first-order valence-electron chi connectivity index (χ1n) is 6.58. The SMILES string of the molecule is CCCNc1nc(NC(CCO)COC)c(Cl)cc1Cl. The molecule has 0 fully saturated rings. The van der Waals surface area contributed by atoms with Crippen LogP contribution in [-0.2, 0) is 4.74 Å². The molecule has 5 nitrogen and oxygen atoms in total. The number of ether oxygens (including phenoxy) is 1. The molecule has 20 heavy (non-hydrogen) atoms. The monoisotopic (exact) mass is 321 g/mol. The van der Waals surface area contributed by atoms with E-state index in [-0.39, 0.29) is 12.6 Å². The Labute approximate surface area is 129 Å². The van der Waals surface area contributed by atoms with Crippen molar-refractivity contribution in [1.29, 1.82) is 0 Å². The summed E-state index contributed by atoms with van der Waals surface area (Å²) in [5.41, 5.74) is 0. The molecule has 1 heterocycles. The fraction of sp³-hybridized carbons (Fsp3) is 0.615. The number of methoxy groups -OCH3 is 1.